The first-order valence-corrected chi connectivity index (χ1v) is 5.80. The number of hydrogen-bond donors (Lipinski definition) is 6. The molecule has 0 unspecified atom stereocenters. The molecule has 0 bridgehead atoms. The van der Waals surface area contributed by atoms with Gasteiger partial charge in [-0.05, 0) is 0 Å². The molecule has 1 aliphatic heterocycles. The Morgan fingerprint density at radius 3 is 2.31 bits per heavy atom. The summed E-state index contributed by atoms with van der Waals surface area (Å²) in [7, 11) is -4.83. The zero-order chi connectivity index (χ0) is 12.6. The van der Waals surface area contributed by atoms with Gasteiger partial charge < -0.3 is 34.9 Å². The van der Waals surface area contributed by atoms with E-state index in [0.717, 1.165) is 0 Å². The Hall–Kier alpha value is -0.0900. The summed E-state index contributed by atoms with van der Waals surface area (Å²) >= 11 is 0. The van der Waals surface area contributed by atoms with Crippen molar-refractivity contribution in [2.45, 2.75) is 24.1 Å². The third-order valence-corrected chi connectivity index (χ3v) is 2.61. The molecule has 1 heterocycles. The fraction of sp³-hybridized carbons (Fsp3) is 1.00. The van der Waals surface area contributed by atoms with E-state index in [2.05, 4.69) is 9.26 Å². The lowest BCUT2D eigenvalue weighted by atomic mass is 10.2. The first-order chi connectivity index (χ1) is 7.19. The summed E-state index contributed by atoms with van der Waals surface area (Å²) in [6, 6.07) is 0. The largest absolute Gasteiger partial charge is 0.469 e. The van der Waals surface area contributed by atoms with Crippen LogP contribution < -0.4 is 0 Å². The van der Waals surface area contributed by atoms with Gasteiger partial charge in [0.2, 0.25) is 5.79 Å². The van der Waals surface area contributed by atoms with Crippen LogP contribution in [0.1, 0.15) is 0 Å². The molecule has 0 aromatic heterocycles. The maximum Gasteiger partial charge on any atom is 0.469 e. The molecule has 0 amide bonds. The highest BCUT2D eigenvalue weighted by Crippen LogP contribution is 2.39. The van der Waals surface area contributed by atoms with E-state index in [-0.39, 0.29) is 0 Å². The third-order valence-electron chi connectivity index (χ3n) is 2.14. The number of phosphoric acid groups is 1. The zero-order valence-electron chi connectivity index (χ0n) is 8.00. The Morgan fingerprint density at radius 2 is 1.94 bits per heavy atom. The van der Waals surface area contributed by atoms with Crippen LogP contribution in [-0.4, -0.2) is 67.5 Å². The second-order valence-electron chi connectivity index (χ2n) is 3.38. The van der Waals surface area contributed by atoms with Crippen molar-refractivity contribution in [2.75, 3.05) is 13.2 Å². The fourth-order valence-corrected chi connectivity index (χ4v) is 1.67. The Kier molecular flexibility index (Phi) is 4.06. The number of aliphatic hydroxyl groups excluding tert-OH is 3. The van der Waals surface area contributed by atoms with Crippen LogP contribution in [0.2, 0.25) is 0 Å². The molecule has 0 aliphatic carbocycles. The number of ether oxygens (including phenoxy) is 1. The molecule has 6 N–H and O–H groups in total. The lowest BCUT2D eigenvalue weighted by Gasteiger charge is -2.25. The smallest absolute Gasteiger partial charge is 0.394 e. The Labute approximate surface area is 90.1 Å². The third kappa shape index (κ3) is 2.98. The van der Waals surface area contributed by atoms with E-state index < -0.39 is 45.1 Å². The van der Waals surface area contributed by atoms with Gasteiger partial charge in [0.15, 0.2) is 0 Å². The van der Waals surface area contributed by atoms with Crippen molar-refractivity contribution in [1.82, 2.24) is 0 Å². The van der Waals surface area contributed by atoms with E-state index in [4.69, 9.17) is 14.9 Å². The molecule has 4 atom stereocenters. The number of aliphatic hydroxyl groups is 4. The molecule has 16 heavy (non-hydrogen) atoms. The second-order valence-corrected chi connectivity index (χ2v) is 4.62. The van der Waals surface area contributed by atoms with Crippen LogP contribution in [0.25, 0.3) is 0 Å². The van der Waals surface area contributed by atoms with E-state index in [1.807, 2.05) is 0 Å². The van der Waals surface area contributed by atoms with Gasteiger partial charge in [0.05, 0.1) is 6.61 Å². The molecule has 10 heteroatoms. The molecular formula is C6H13O9P. The normalized spacial score (nSPS) is 40.2. The van der Waals surface area contributed by atoms with Crippen LogP contribution in [0, 0.1) is 0 Å². The summed E-state index contributed by atoms with van der Waals surface area (Å²) in [6.07, 6.45) is -4.66. The predicted octanol–water partition coefficient (Wildman–Crippen LogP) is -3.10. The number of hydrogen-bond acceptors (Lipinski definition) is 7. The summed E-state index contributed by atoms with van der Waals surface area (Å²) < 4.78 is 19.0. The highest BCUT2D eigenvalue weighted by Gasteiger charge is 2.54. The molecule has 0 saturated carbocycles. The monoisotopic (exact) mass is 261 g/mol. The SMILES string of the molecule is O=P(O)(O)OC[13C@@]1(O)O[C@H](CO)[C@@H](O)[C@@H]1O. The topological polar surface area (TPSA) is 157 Å². The molecule has 0 spiro atoms. The number of rotatable bonds is 4. The second kappa shape index (κ2) is 4.65. The average molecular weight is 261 g/mol. The highest BCUT2D eigenvalue weighted by molar-refractivity contribution is 7.46. The van der Waals surface area contributed by atoms with Gasteiger partial charge >= 0.3 is 7.82 Å². The summed E-state index contributed by atoms with van der Waals surface area (Å²) in [5.74, 6) is -2.46. The maximum atomic E-state index is 10.4. The van der Waals surface area contributed by atoms with Gasteiger partial charge in [-0.2, -0.15) is 0 Å². The molecule has 0 aromatic rings. The van der Waals surface area contributed by atoms with Crippen LogP contribution in [0.4, 0.5) is 0 Å². The van der Waals surface area contributed by atoms with Crippen LogP contribution >= 0.6 is 7.82 Å². The Bertz CT molecular complexity index is 290. The predicted molar refractivity (Wildman–Crippen MR) is 46.9 cm³/mol. The van der Waals surface area contributed by atoms with Gasteiger partial charge in [-0.15, -0.1) is 0 Å². The van der Waals surface area contributed by atoms with E-state index >= 15 is 0 Å². The van der Waals surface area contributed by atoms with Crippen LogP contribution in [0.5, 0.6) is 0 Å². The maximum absolute atomic E-state index is 10.4. The minimum Gasteiger partial charge on any atom is -0.394 e. The lowest BCUT2D eigenvalue weighted by Crippen LogP contribution is -2.46. The molecule has 0 aromatic carbocycles. The summed E-state index contributed by atoms with van der Waals surface area (Å²) in [4.78, 5) is 16.8. The van der Waals surface area contributed by atoms with Crippen LogP contribution in [-0.2, 0) is 13.8 Å². The standard InChI is InChI=1S/C6H13O9P/c7-1-3-4(8)5(9)6(10,15-3)2-14-16(11,12)13/h3-5,7-10H,1-2H2,(H2,11,12,13)/t3-,4-,5+,6-/m1/s1/i6+1. The minimum atomic E-state index is -4.83. The molecule has 1 saturated heterocycles. The van der Waals surface area contributed by atoms with Gasteiger partial charge in [-0.3, -0.25) is 4.52 Å². The van der Waals surface area contributed by atoms with E-state index in [9.17, 15) is 19.9 Å². The first kappa shape index (κ1) is 14.0. The molecular weight excluding hydrogens is 248 g/mol. The molecule has 1 rings (SSSR count). The van der Waals surface area contributed by atoms with Crippen molar-refractivity contribution in [2.24, 2.45) is 0 Å². The minimum absolute atomic E-state index is 0.670. The average Bonchev–Trinajstić information content (AvgIpc) is 2.40. The zero-order valence-corrected chi connectivity index (χ0v) is 8.90. The summed E-state index contributed by atoms with van der Waals surface area (Å²) in [6.45, 7) is -1.71. The van der Waals surface area contributed by atoms with E-state index in [1.165, 1.54) is 0 Å². The van der Waals surface area contributed by atoms with E-state index in [0.29, 0.717) is 0 Å². The number of phosphoric ester groups is 1. The molecule has 1 fully saturated rings. The fourth-order valence-electron chi connectivity index (χ4n) is 1.31. The van der Waals surface area contributed by atoms with Gasteiger partial charge in [0.25, 0.3) is 0 Å². The lowest BCUT2D eigenvalue weighted by molar-refractivity contribution is -0.245. The van der Waals surface area contributed by atoms with Crippen molar-refractivity contribution < 1.29 is 44.0 Å². The van der Waals surface area contributed by atoms with Crippen molar-refractivity contribution in [3.05, 3.63) is 0 Å². The Morgan fingerprint density at radius 1 is 1.38 bits per heavy atom. The molecule has 96 valence electrons. The first-order valence-electron chi connectivity index (χ1n) is 4.27. The van der Waals surface area contributed by atoms with Gasteiger partial charge in [0, 0.05) is 0 Å². The van der Waals surface area contributed by atoms with Gasteiger partial charge in [-0.1, -0.05) is 0 Å². The van der Waals surface area contributed by atoms with Gasteiger partial charge in [0.1, 0.15) is 24.9 Å². The summed E-state index contributed by atoms with van der Waals surface area (Å²) in [5, 5.41) is 36.9. The van der Waals surface area contributed by atoms with Crippen LogP contribution in [0.3, 0.4) is 0 Å². The molecule has 0 radical (unpaired) electrons. The van der Waals surface area contributed by atoms with E-state index in [1.54, 1.807) is 0 Å². The van der Waals surface area contributed by atoms with Crippen LogP contribution in [0.15, 0.2) is 0 Å². The molecule has 1 aliphatic rings. The van der Waals surface area contributed by atoms with Crippen molar-refractivity contribution >= 4 is 7.82 Å². The van der Waals surface area contributed by atoms with Crippen molar-refractivity contribution in [3.8, 4) is 0 Å². The quantitative estimate of drug-likeness (QED) is 0.228. The van der Waals surface area contributed by atoms with Crippen molar-refractivity contribution in [1.29, 1.82) is 0 Å². The summed E-state index contributed by atoms with van der Waals surface area (Å²) in [5.41, 5.74) is 0. The highest BCUT2D eigenvalue weighted by atomic mass is 31.2. The van der Waals surface area contributed by atoms with Crippen molar-refractivity contribution in [3.63, 3.8) is 0 Å². The van der Waals surface area contributed by atoms with Gasteiger partial charge in [-0.25, -0.2) is 4.57 Å². The Balaban J connectivity index is 2.67. The molecule has 9 nitrogen and oxygen atoms in total.